The standard InChI is InChI=1S/C12H17N3S/c1-13-11(7-16-3)9-4-5-12-10(6-9)14-8-15(12)2/h4-6,8,11,13H,7H2,1-3H3. The van der Waals surface area contributed by atoms with Crippen molar-refractivity contribution >= 4 is 22.8 Å². The maximum absolute atomic E-state index is 4.38. The summed E-state index contributed by atoms with van der Waals surface area (Å²) in [5, 5.41) is 3.34. The predicted octanol–water partition coefficient (Wildman–Crippen LogP) is 2.20. The smallest absolute Gasteiger partial charge is 0.0955 e. The van der Waals surface area contributed by atoms with E-state index in [1.807, 2.05) is 36.8 Å². The van der Waals surface area contributed by atoms with Crippen LogP contribution < -0.4 is 5.32 Å². The normalized spacial score (nSPS) is 13.2. The van der Waals surface area contributed by atoms with Crippen molar-refractivity contribution in [3.05, 3.63) is 30.1 Å². The summed E-state index contributed by atoms with van der Waals surface area (Å²) < 4.78 is 2.04. The van der Waals surface area contributed by atoms with E-state index < -0.39 is 0 Å². The second-order valence-corrected chi connectivity index (χ2v) is 4.81. The monoisotopic (exact) mass is 235 g/mol. The summed E-state index contributed by atoms with van der Waals surface area (Å²) in [7, 11) is 4.02. The number of hydrogen-bond acceptors (Lipinski definition) is 3. The van der Waals surface area contributed by atoms with Crippen molar-refractivity contribution in [1.29, 1.82) is 0 Å². The zero-order valence-electron chi connectivity index (χ0n) is 9.90. The first-order valence-electron chi connectivity index (χ1n) is 5.33. The van der Waals surface area contributed by atoms with Crippen LogP contribution in [0.1, 0.15) is 11.6 Å². The fraction of sp³-hybridized carbons (Fsp3) is 0.417. The minimum Gasteiger partial charge on any atom is -0.334 e. The van der Waals surface area contributed by atoms with E-state index in [0.717, 1.165) is 11.3 Å². The Kier molecular flexibility index (Phi) is 3.51. The molecule has 1 atom stereocenters. The van der Waals surface area contributed by atoms with Crippen LogP contribution in [0.15, 0.2) is 24.5 Å². The molecule has 1 unspecified atom stereocenters. The number of nitrogens with one attached hydrogen (secondary N) is 1. The average Bonchev–Trinajstić information content (AvgIpc) is 2.67. The summed E-state index contributed by atoms with van der Waals surface area (Å²) >= 11 is 1.85. The van der Waals surface area contributed by atoms with E-state index in [1.165, 1.54) is 11.1 Å². The van der Waals surface area contributed by atoms with E-state index in [0.29, 0.717) is 6.04 Å². The van der Waals surface area contributed by atoms with Crippen molar-refractivity contribution < 1.29 is 0 Å². The Bertz CT molecular complexity index is 478. The number of thioether (sulfide) groups is 1. The molecule has 0 aliphatic rings. The molecule has 0 aliphatic carbocycles. The predicted molar refractivity (Wildman–Crippen MR) is 70.9 cm³/mol. The number of nitrogens with zero attached hydrogens (tertiary/aromatic N) is 2. The molecule has 1 N–H and O–H groups in total. The Hall–Kier alpha value is -1.00. The Labute approximate surface area is 100 Å². The molecule has 16 heavy (non-hydrogen) atoms. The fourth-order valence-corrected chi connectivity index (χ4v) is 2.58. The lowest BCUT2D eigenvalue weighted by atomic mass is 10.1. The molecule has 3 nitrogen and oxygen atoms in total. The highest BCUT2D eigenvalue weighted by molar-refractivity contribution is 7.98. The van der Waals surface area contributed by atoms with E-state index in [1.54, 1.807) is 0 Å². The summed E-state index contributed by atoms with van der Waals surface area (Å²) in [5.41, 5.74) is 3.56. The number of aryl methyl sites for hydroxylation is 1. The number of hydrogen-bond donors (Lipinski definition) is 1. The van der Waals surface area contributed by atoms with Crippen molar-refractivity contribution in [3.8, 4) is 0 Å². The van der Waals surface area contributed by atoms with Gasteiger partial charge in [-0.25, -0.2) is 4.98 Å². The average molecular weight is 235 g/mol. The van der Waals surface area contributed by atoms with Crippen LogP contribution in [0, 0.1) is 0 Å². The van der Waals surface area contributed by atoms with Crippen LogP contribution >= 0.6 is 11.8 Å². The van der Waals surface area contributed by atoms with Gasteiger partial charge >= 0.3 is 0 Å². The van der Waals surface area contributed by atoms with Gasteiger partial charge in [0.2, 0.25) is 0 Å². The molecule has 0 aliphatic heterocycles. The Morgan fingerprint density at radius 1 is 1.50 bits per heavy atom. The number of rotatable bonds is 4. The second-order valence-electron chi connectivity index (χ2n) is 3.90. The minimum atomic E-state index is 0.404. The third-order valence-electron chi connectivity index (χ3n) is 2.83. The quantitative estimate of drug-likeness (QED) is 0.881. The molecule has 2 rings (SSSR count). The van der Waals surface area contributed by atoms with Crippen molar-refractivity contribution in [1.82, 2.24) is 14.9 Å². The molecule has 1 aromatic heterocycles. The van der Waals surface area contributed by atoms with Crippen LogP contribution in [0.4, 0.5) is 0 Å². The molecule has 0 radical (unpaired) electrons. The molecular weight excluding hydrogens is 218 g/mol. The van der Waals surface area contributed by atoms with Gasteiger partial charge in [-0.3, -0.25) is 0 Å². The summed E-state index contributed by atoms with van der Waals surface area (Å²) in [6.45, 7) is 0. The summed E-state index contributed by atoms with van der Waals surface area (Å²) in [5.74, 6) is 1.08. The second kappa shape index (κ2) is 4.89. The third-order valence-corrected chi connectivity index (χ3v) is 3.50. The van der Waals surface area contributed by atoms with E-state index in [-0.39, 0.29) is 0 Å². The summed E-state index contributed by atoms with van der Waals surface area (Å²) in [6.07, 6.45) is 3.99. The molecule has 0 saturated heterocycles. The first-order chi connectivity index (χ1) is 7.76. The van der Waals surface area contributed by atoms with Crippen LogP contribution in [0.2, 0.25) is 0 Å². The van der Waals surface area contributed by atoms with Gasteiger partial charge in [0.15, 0.2) is 0 Å². The molecule has 0 saturated carbocycles. The van der Waals surface area contributed by atoms with Crippen molar-refractivity contribution in [2.75, 3.05) is 19.1 Å². The maximum atomic E-state index is 4.38. The molecule has 0 bridgehead atoms. The van der Waals surface area contributed by atoms with Gasteiger partial charge in [0.05, 0.1) is 17.4 Å². The summed E-state index contributed by atoms with van der Waals surface area (Å²) in [6, 6.07) is 6.90. The molecular formula is C12H17N3S. The van der Waals surface area contributed by atoms with Crippen LogP contribution in [0.3, 0.4) is 0 Å². The Morgan fingerprint density at radius 2 is 2.31 bits per heavy atom. The van der Waals surface area contributed by atoms with E-state index in [2.05, 4.69) is 34.8 Å². The lowest BCUT2D eigenvalue weighted by Gasteiger charge is -2.15. The molecule has 0 amide bonds. The van der Waals surface area contributed by atoms with Crippen LogP contribution in [0.25, 0.3) is 11.0 Å². The summed E-state index contributed by atoms with van der Waals surface area (Å²) in [4.78, 5) is 4.38. The van der Waals surface area contributed by atoms with Gasteiger partial charge in [-0.2, -0.15) is 11.8 Å². The number of imidazole rings is 1. The first-order valence-corrected chi connectivity index (χ1v) is 6.73. The van der Waals surface area contributed by atoms with E-state index >= 15 is 0 Å². The topological polar surface area (TPSA) is 29.9 Å². The zero-order chi connectivity index (χ0) is 11.5. The van der Waals surface area contributed by atoms with Gasteiger partial charge in [-0.05, 0) is 31.0 Å². The number of benzene rings is 1. The molecule has 0 fully saturated rings. The lowest BCUT2D eigenvalue weighted by Crippen LogP contribution is -2.18. The van der Waals surface area contributed by atoms with Crippen molar-refractivity contribution in [3.63, 3.8) is 0 Å². The highest BCUT2D eigenvalue weighted by Gasteiger charge is 2.09. The number of aromatic nitrogens is 2. The van der Waals surface area contributed by atoms with E-state index in [9.17, 15) is 0 Å². The van der Waals surface area contributed by atoms with Crippen molar-refractivity contribution in [2.45, 2.75) is 6.04 Å². The van der Waals surface area contributed by atoms with Gasteiger partial charge in [0.25, 0.3) is 0 Å². The van der Waals surface area contributed by atoms with Gasteiger partial charge in [0, 0.05) is 18.8 Å². The zero-order valence-corrected chi connectivity index (χ0v) is 10.7. The molecule has 2 aromatic rings. The minimum absolute atomic E-state index is 0.404. The SMILES string of the molecule is CNC(CSC)c1ccc2c(c1)ncn2C. The van der Waals surface area contributed by atoms with Crippen LogP contribution in [-0.2, 0) is 7.05 Å². The van der Waals surface area contributed by atoms with Crippen LogP contribution in [0.5, 0.6) is 0 Å². The highest BCUT2D eigenvalue weighted by Crippen LogP contribution is 2.21. The molecule has 86 valence electrons. The molecule has 4 heteroatoms. The molecule has 1 aromatic carbocycles. The third kappa shape index (κ3) is 2.08. The highest BCUT2D eigenvalue weighted by atomic mass is 32.2. The molecule has 0 spiro atoms. The Balaban J connectivity index is 2.37. The van der Waals surface area contributed by atoms with Crippen LogP contribution in [-0.4, -0.2) is 28.6 Å². The van der Waals surface area contributed by atoms with Crippen molar-refractivity contribution in [2.24, 2.45) is 7.05 Å². The maximum Gasteiger partial charge on any atom is 0.0955 e. The van der Waals surface area contributed by atoms with Gasteiger partial charge < -0.3 is 9.88 Å². The fourth-order valence-electron chi connectivity index (χ4n) is 1.88. The number of fused-ring (bicyclic) bond motifs is 1. The first kappa shape index (κ1) is 11.5. The van der Waals surface area contributed by atoms with E-state index in [4.69, 9.17) is 0 Å². The van der Waals surface area contributed by atoms with Gasteiger partial charge in [-0.15, -0.1) is 0 Å². The van der Waals surface area contributed by atoms with Gasteiger partial charge in [-0.1, -0.05) is 6.07 Å². The largest absolute Gasteiger partial charge is 0.334 e. The van der Waals surface area contributed by atoms with Gasteiger partial charge in [0.1, 0.15) is 0 Å². The Morgan fingerprint density at radius 3 is 3.00 bits per heavy atom. The molecule has 1 heterocycles. The lowest BCUT2D eigenvalue weighted by molar-refractivity contribution is 0.663.